The van der Waals surface area contributed by atoms with Crippen LogP contribution in [0.1, 0.15) is 6.92 Å². The molecule has 0 aromatic heterocycles. The van der Waals surface area contributed by atoms with Crippen LogP contribution in [0.15, 0.2) is 0 Å². The molecule has 0 spiro atoms. The van der Waals surface area contributed by atoms with Crippen molar-refractivity contribution in [3.8, 4) is 0 Å². The fourth-order valence-corrected chi connectivity index (χ4v) is 0.171. The van der Waals surface area contributed by atoms with Crippen molar-refractivity contribution < 1.29 is 24.5 Å². The average molecular weight is 176 g/mol. The molecule has 2 N–H and O–H groups in total. The third-order valence-electron chi connectivity index (χ3n) is 0.529. The van der Waals surface area contributed by atoms with E-state index >= 15 is 0 Å². The Balaban J connectivity index is 0. The Morgan fingerprint density at radius 2 is 1.90 bits per heavy atom. The van der Waals surface area contributed by atoms with E-state index < -0.39 is 18.2 Å². The Hall–Kier alpha value is 0.160. The van der Waals surface area contributed by atoms with E-state index in [0.29, 0.717) is 0 Å². The van der Waals surface area contributed by atoms with Gasteiger partial charge in [0.25, 0.3) is 0 Å². The second-order valence-electron chi connectivity index (χ2n) is 1.36. The van der Waals surface area contributed by atoms with Crippen LogP contribution in [0.3, 0.4) is 0 Å². The number of ether oxygens (including phenoxy) is 1. The number of aliphatic hydroxyl groups is 1. The van der Waals surface area contributed by atoms with E-state index in [9.17, 15) is 9.59 Å². The molecule has 6 heteroatoms. The van der Waals surface area contributed by atoms with E-state index in [-0.39, 0.29) is 37.7 Å². The third kappa shape index (κ3) is 6.28. The molecule has 1 unspecified atom stereocenters. The van der Waals surface area contributed by atoms with Gasteiger partial charge in [0.05, 0.1) is 0 Å². The van der Waals surface area contributed by atoms with Gasteiger partial charge in [0, 0.05) is 0 Å². The SMILES string of the molecule is CC(O)C(=O)OC(=O)O.[CaH2]. The molecule has 1 atom stereocenters. The Bertz CT molecular complexity index is 132. The predicted octanol–water partition coefficient (Wildman–Crippen LogP) is -1.33. The number of carbonyl (C=O) groups is 2. The molecule has 0 aliphatic rings. The molecule has 0 saturated heterocycles. The first-order valence-electron chi connectivity index (χ1n) is 2.16. The van der Waals surface area contributed by atoms with Crippen LogP contribution in [0.2, 0.25) is 0 Å². The molecule has 0 aromatic carbocycles. The van der Waals surface area contributed by atoms with Crippen LogP contribution in [0.5, 0.6) is 0 Å². The fraction of sp³-hybridized carbons (Fsp3) is 0.500. The van der Waals surface area contributed by atoms with Gasteiger partial charge in [-0.3, -0.25) is 0 Å². The Morgan fingerprint density at radius 1 is 1.50 bits per heavy atom. The molecule has 0 aliphatic heterocycles. The second kappa shape index (κ2) is 5.91. The van der Waals surface area contributed by atoms with E-state index in [1.54, 1.807) is 0 Å². The van der Waals surface area contributed by atoms with Crippen molar-refractivity contribution in [2.45, 2.75) is 13.0 Å². The summed E-state index contributed by atoms with van der Waals surface area (Å²) in [6.07, 6.45) is -3.10. The fourth-order valence-electron chi connectivity index (χ4n) is 0.171. The predicted molar refractivity (Wildman–Crippen MR) is 34.3 cm³/mol. The Labute approximate surface area is 87.0 Å². The number of aliphatic hydroxyl groups excluding tert-OH is 1. The molecular weight excluding hydrogens is 168 g/mol. The van der Waals surface area contributed by atoms with Gasteiger partial charge >= 0.3 is 49.9 Å². The zero-order valence-corrected chi connectivity index (χ0v) is 4.70. The number of carboxylic acid groups (broad SMARTS) is 1. The summed E-state index contributed by atoms with van der Waals surface area (Å²) in [5, 5.41) is 16.1. The van der Waals surface area contributed by atoms with E-state index in [0.717, 1.165) is 6.92 Å². The van der Waals surface area contributed by atoms with Gasteiger partial charge in [-0.05, 0) is 6.92 Å². The van der Waals surface area contributed by atoms with Crippen LogP contribution in [-0.4, -0.2) is 66.2 Å². The molecule has 0 radical (unpaired) electrons. The number of carbonyl (C=O) groups excluding carboxylic acids is 1. The van der Waals surface area contributed by atoms with E-state index in [1.165, 1.54) is 0 Å². The molecule has 5 nitrogen and oxygen atoms in total. The molecule has 0 rings (SSSR count). The van der Waals surface area contributed by atoms with Crippen LogP contribution in [0.25, 0.3) is 0 Å². The van der Waals surface area contributed by atoms with Gasteiger partial charge < -0.3 is 14.9 Å². The third-order valence-corrected chi connectivity index (χ3v) is 0.529. The summed E-state index contributed by atoms with van der Waals surface area (Å²) in [4.78, 5) is 19.7. The first-order valence-corrected chi connectivity index (χ1v) is 2.16. The molecule has 0 heterocycles. The molecule has 0 saturated carbocycles. The van der Waals surface area contributed by atoms with Crippen LogP contribution in [0.4, 0.5) is 4.79 Å². The standard InChI is InChI=1S/C4H6O5.Ca.2H/c1-2(5)3(6)9-4(7)8;;;/h2,5H,1H3,(H,7,8);;;. The summed E-state index contributed by atoms with van der Waals surface area (Å²) in [6, 6.07) is 0. The van der Waals surface area contributed by atoms with Gasteiger partial charge in [-0.25, -0.2) is 9.59 Å². The zero-order valence-electron chi connectivity index (χ0n) is 4.70. The van der Waals surface area contributed by atoms with E-state index in [2.05, 4.69) is 4.74 Å². The second-order valence-corrected chi connectivity index (χ2v) is 1.36. The minimum absolute atomic E-state index is 0. The summed E-state index contributed by atoms with van der Waals surface area (Å²) in [6.45, 7) is 1.12. The normalized spacial score (nSPS) is 11.0. The molecular formula is C4H8CaO5. The van der Waals surface area contributed by atoms with Gasteiger partial charge in [0.2, 0.25) is 0 Å². The van der Waals surface area contributed by atoms with Crippen LogP contribution in [-0.2, 0) is 9.53 Å². The summed E-state index contributed by atoms with van der Waals surface area (Å²) in [5.74, 6) is -1.16. The van der Waals surface area contributed by atoms with Crippen molar-refractivity contribution >= 4 is 49.9 Å². The van der Waals surface area contributed by atoms with Crippen molar-refractivity contribution in [3.05, 3.63) is 0 Å². The molecule has 0 aromatic rings. The molecule has 0 amide bonds. The van der Waals surface area contributed by atoms with Crippen molar-refractivity contribution in [1.29, 1.82) is 0 Å². The summed E-state index contributed by atoms with van der Waals surface area (Å²) in [7, 11) is 0. The quantitative estimate of drug-likeness (QED) is 0.294. The van der Waals surface area contributed by atoms with Crippen LogP contribution in [0, 0.1) is 0 Å². The van der Waals surface area contributed by atoms with Gasteiger partial charge in [-0.15, -0.1) is 0 Å². The molecule has 56 valence electrons. The average Bonchev–Trinajstić information content (AvgIpc) is 1.63. The van der Waals surface area contributed by atoms with Crippen molar-refractivity contribution in [1.82, 2.24) is 0 Å². The molecule has 10 heavy (non-hydrogen) atoms. The van der Waals surface area contributed by atoms with E-state index in [1.807, 2.05) is 0 Å². The summed E-state index contributed by atoms with van der Waals surface area (Å²) >= 11 is 0. The number of esters is 1. The van der Waals surface area contributed by atoms with Crippen molar-refractivity contribution in [2.75, 3.05) is 0 Å². The minimum atomic E-state index is -1.71. The van der Waals surface area contributed by atoms with E-state index in [4.69, 9.17) is 10.2 Å². The van der Waals surface area contributed by atoms with Crippen LogP contribution < -0.4 is 0 Å². The molecule has 0 fully saturated rings. The summed E-state index contributed by atoms with van der Waals surface area (Å²) < 4.78 is 3.54. The molecule has 0 bridgehead atoms. The Kier molecular flexibility index (Phi) is 7.56. The zero-order chi connectivity index (χ0) is 7.44. The van der Waals surface area contributed by atoms with Gasteiger partial charge in [-0.2, -0.15) is 0 Å². The van der Waals surface area contributed by atoms with Crippen molar-refractivity contribution in [3.63, 3.8) is 0 Å². The van der Waals surface area contributed by atoms with Crippen LogP contribution >= 0.6 is 0 Å². The number of rotatable bonds is 1. The van der Waals surface area contributed by atoms with Gasteiger partial charge in [-0.1, -0.05) is 0 Å². The first kappa shape index (κ1) is 12.8. The molecule has 0 aliphatic carbocycles. The first-order chi connectivity index (χ1) is 4.04. The maximum atomic E-state index is 10.1. The van der Waals surface area contributed by atoms with Gasteiger partial charge in [0.15, 0.2) is 0 Å². The maximum absolute atomic E-state index is 10.1. The monoisotopic (exact) mass is 176 g/mol. The Morgan fingerprint density at radius 3 is 2.00 bits per heavy atom. The van der Waals surface area contributed by atoms with Crippen molar-refractivity contribution in [2.24, 2.45) is 0 Å². The number of hydrogen-bond acceptors (Lipinski definition) is 4. The number of hydrogen-bond donors (Lipinski definition) is 2. The van der Waals surface area contributed by atoms with Gasteiger partial charge in [0.1, 0.15) is 6.10 Å². The topological polar surface area (TPSA) is 83.8 Å². The summed E-state index contributed by atoms with van der Waals surface area (Å²) in [5.41, 5.74) is 0.